The first-order valence-corrected chi connectivity index (χ1v) is 8.38. The standard InChI is InChI=1S/C15H23NO5S/c1-10-8-11(2)14(12(9-10)21-5)22(19,20)16-15(3,4)7-6-13(17)18/h8-9,16H,6-7H2,1-5H3,(H,17,18). The highest BCUT2D eigenvalue weighted by Gasteiger charge is 2.30. The molecule has 2 N–H and O–H groups in total. The lowest BCUT2D eigenvalue weighted by Crippen LogP contribution is -2.43. The van der Waals surface area contributed by atoms with Gasteiger partial charge in [-0.15, -0.1) is 0 Å². The van der Waals surface area contributed by atoms with E-state index in [2.05, 4.69) is 4.72 Å². The average Bonchev–Trinajstić information content (AvgIpc) is 2.33. The molecule has 22 heavy (non-hydrogen) atoms. The third-order valence-electron chi connectivity index (χ3n) is 3.25. The summed E-state index contributed by atoms with van der Waals surface area (Å²) in [6.07, 6.45) is 0.0777. The molecular weight excluding hydrogens is 306 g/mol. The Kier molecular flexibility index (Phi) is 5.59. The summed E-state index contributed by atoms with van der Waals surface area (Å²) in [5.41, 5.74) is 0.608. The Balaban J connectivity index is 3.17. The van der Waals surface area contributed by atoms with E-state index in [4.69, 9.17) is 9.84 Å². The summed E-state index contributed by atoms with van der Waals surface area (Å²) in [5, 5.41) is 8.75. The zero-order chi connectivity index (χ0) is 17.1. The zero-order valence-electron chi connectivity index (χ0n) is 13.6. The molecule has 0 unspecified atom stereocenters. The predicted octanol–water partition coefficient (Wildman–Crippen LogP) is 2.23. The van der Waals surface area contributed by atoms with Crippen molar-refractivity contribution in [2.24, 2.45) is 0 Å². The third kappa shape index (κ3) is 4.71. The molecule has 0 aliphatic carbocycles. The molecule has 124 valence electrons. The quantitative estimate of drug-likeness (QED) is 0.800. The van der Waals surface area contributed by atoms with E-state index in [1.807, 2.05) is 6.92 Å². The van der Waals surface area contributed by atoms with Crippen molar-refractivity contribution in [3.8, 4) is 5.75 Å². The van der Waals surface area contributed by atoms with Crippen molar-refractivity contribution < 1.29 is 23.1 Å². The van der Waals surface area contributed by atoms with E-state index in [0.717, 1.165) is 5.56 Å². The van der Waals surface area contributed by atoms with E-state index in [9.17, 15) is 13.2 Å². The molecule has 1 aromatic carbocycles. The van der Waals surface area contributed by atoms with E-state index >= 15 is 0 Å². The van der Waals surface area contributed by atoms with E-state index in [1.165, 1.54) is 7.11 Å². The highest BCUT2D eigenvalue weighted by molar-refractivity contribution is 7.89. The first-order valence-electron chi connectivity index (χ1n) is 6.89. The van der Waals surface area contributed by atoms with Crippen molar-refractivity contribution in [2.75, 3.05) is 7.11 Å². The van der Waals surface area contributed by atoms with Crippen LogP contribution >= 0.6 is 0 Å². The van der Waals surface area contributed by atoms with Crippen LogP contribution in [0.25, 0.3) is 0 Å². The molecule has 1 rings (SSSR count). The van der Waals surface area contributed by atoms with Crippen LogP contribution in [0.2, 0.25) is 0 Å². The van der Waals surface area contributed by atoms with Crippen LogP contribution in [0.4, 0.5) is 0 Å². The number of hydrogen-bond acceptors (Lipinski definition) is 4. The zero-order valence-corrected chi connectivity index (χ0v) is 14.4. The maximum Gasteiger partial charge on any atom is 0.303 e. The fourth-order valence-corrected chi connectivity index (χ4v) is 4.12. The minimum Gasteiger partial charge on any atom is -0.495 e. The number of ether oxygens (including phenoxy) is 1. The monoisotopic (exact) mass is 329 g/mol. The van der Waals surface area contributed by atoms with Crippen molar-refractivity contribution in [1.29, 1.82) is 0 Å². The van der Waals surface area contributed by atoms with E-state index in [-0.39, 0.29) is 23.5 Å². The van der Waals surface area contributed by atoms with E-state index < -0.39 is 21.5 Å². The van der Waals surface area contributed by atoms with Crippen LogP contribution < -0.4 is 9.46 Å². The van der Waals surface area contributed by atoms with Gasteiger partial charge in [-0.1, -0.05) is 6.07 Å². The number of carboxylic acid groups (broad SMARTS) is 1. The number of rotatable bonds is 7. The lowest BCUT2D eigenvalue weighted by Gasteiger charge is -2.26. The minimum atomic E-state index is -3.82. The Morgan fingerprint density at radius 3 is 2.41 bits per heavy atom. The lowest BCUT2D eigenvalue weighted by atomic mass is 10.0. The average molecular weight is 329 g/mol. The summed E-state index contributed by atoms with van der Waals surface area (Å²) >= 11 is 0. The van der Waals surface area contributed by atoms with Crippen LogP contribution in [0.3, 0.4) is 0 Å². The number of benzene rings is 1. The SMILES string of the molecule is COc1cc(C)cc(C)c1S(=O)(=O)NC(C)(C)CCC(=O)O. The van der Waals surface area contributed by atoms with Crippen LogP contribution in [0, 0.1) is 13.8 Å². The van der Waals surface area contributed by atoms with Gasteiger partial charge in [0.05, 0.1) is 7.11 Å². The Hall–Kier alpha value is -1.60. The molecular formula is C15H23NO5S. The smallest absolute Gasteiger partial charge is 0.303 e. The van der Waals surface area contributed by atoms with Gasteiger partial charge in [-0.3, -0.25) is 4.79 Å². The van der Waals surface area contributed by atoms with Gasteiger partial charge in [0.1, 0.15) is 10.6 Å². The highest BCUT2D eigenvalue weighted by atomic mass is 32.2. The number of nitrogens with one attached hydrogen (secondary N) is 1. The van der Waals surface area contributed by atoms with Crippen molar-refractivity contribution in [2.45, 2.75) is 51.0 Å². The summed E-state index contributed by atoms with van der Waals surface area (Å²) in [6, 6.07) is 3.42. The molecule has 0 aliphatic heterocycles. The Bertz CT molecular complexity index is 665. The Morgan fingerprint density at radius 1 is 1.32 bits per heavy atom. The molecule has 1 aromatic rings. The molecule has 7 heteroatoms. The van der Waals surface area contributed by atoms with Crippen molar-refractivity contribution >= 4 is 16.0 Å². The van der Waals surface area contributed by atoms with Gasteiger partial charge in [-0.05, 0) is 51.3 Å². The number of hydrogen-bond donors (Lipinski definition) is 2. The van der Waals surface area contributed by atoms with Gasteiger partial charge in [0, 0.05) is 12.0 Å². The van der Waals surface area contributed by atoms with Crippen LogP contribution in [-0.2, 0) is 14.8 Å². The molecule has 0 spiro atoms. The van der Waals surface area contributed by atoms with Crippen molar-refractivity contribution in [1.82, 2.24) is 4.72 Å². The number of carbonyl (C=O) groups is 1. The molecule has 0 atom stereocenters. The number of sulfonamides is 1. The van der Waals surface area contributed by atoms with Crippen molar-refractivity contribution in [3.63, 3.8) is 0 Å². The van der Waals surface area contributed by atoms with Gasteiger partial charge in [-0.25, -0.2) is 13.1 Å². The van der Waals surface area contributed by atoms with Crippen LogP contribution in [-0.4, -0.2) is 32.1 Å². The largest absolute Gasteiger partial charge is 0.495 e. The summed E-state index contributed by atoms with van der Waals surface area (Å²) in [6.45, 7) is 6.87. The van der Waals surface area contributed by atoms with Gasteiger partial charge < -0.3 is 9.84 Å². The molecule has 0 aliphatic rings. The second-order valence-corrected chi connectivity index (χ2v) is 7.62. The van der Waals surface area contributed by atoms with Crippen LogP contribution in [0.5, 0.6) is 5.75 Å². The molecule has 6 nitrogen and oxygen atoms in total. The van der Waals surface area contributed by atoms with E-state index in [1.54, 1.807) is 32.9 Å². The number of aryl methyl sites for hydroxylation is 2. The molecule has 0 heterocycles. The van der Waals surface area contributed by atoms with Gasteiger partial charge in [-0.2, -0.15) is 0 Å². The first-order chi connectivity index (χ1) is 9.98. The van der Waals surface area contributed by atoms with Gasteiger partial charge in [0.15, 0.2) is 0 Å². The summed E-state index contributed by atoms with van der Waals surface area (Å²) in [7, 11) is -2.40. The van der Waals surface area contributed by atoms with Gasteiger partial charge in [0.2, 0.25) is 10.0 Å². The topological polar surface area (TPSA) is 92.7 Å². The molecule has 0 amide bonds. The fourth-order valence-electron chi connectivity index (χ4n) is 2.30. The second-order valence-electron chi connectivity index (χ2n) is 6.00. The highest BCUT2D eigenvalue weighted by Crippen LogP contribution is 2.30. The number of methoxy groups -OCH3 is 1. The molecule has 0 aromatic heterocycles. The normalized spacial score (nSPS) is 12.2. The van der Waals surface area contributed by atoms with Crippen LogP contribution in [0.1, 0.15) is 37.8 Å². The lowest BCUT2D eigenvalue weighted by molar-refractivity contribution is -0.137. The molecule has 0 saturated heterocycles. The number of carboxylic acids is 1. The van der Waals surface area contributed by atoms with Gasteiger partial charge >= 0.3 is 5.97 Å². The molecule has 0 saturated carbocycles. The second kappa shape index (κ2) is 6.66. The minimum absolute atomic E-state index is 0.0870. The fraction of sp³-hybridized carbons (Fsp3) is 0.533. The maximum absolute atomic E-state index is 12.7. The molecule has 0 bridgehead atoms. The maximum atomic E-state index is 12.7. The van der Waals surface area contributed by atoms with Crippen molar-refractivity contribution in [3.05, 3.63) is 23.3 Å². The first kappa shape index (κ1) is 18.4. The Morgan fingerprint density at radius 2 is 1.91 bits per heavy atom. The summed E-state index contributed by atoms with van der Waals surface area (Å²) in [5.74, 6) is -0.685. The number of aliphatic carboxylic acids is 1. The summed E-state index contributed by atoms with van der Waals surface area (Å²) < 4.78 is 33.1. The van der Waals surface area contributed by atoms with Crippen LogP contribution in [0.15, 0.2) is 17.0 Å². The predicted molar refractivity (Wildman–Crippen MR) is 83.7 cm³/mol. The molecule has 0 radical (unpaired) electrons. The Labute approximate surface area is 131 Å². The van der Waals surface area contributed by atoms with E-state index in [0.29, 0.717) is 5.56 Å². The molecule has 0 fully saturated rings. The summed E-state index contributed by atoms with van der Waals surface area (Å²) in [4.78, 5) is 10.8. The third-order valence-corrected chi connectivity index (χ3v) is 5.13. The van der Waals surface area contributed by atoms with Gasteiger partial charge in [0.25, 0.3) is 0 Å².